The summed E-state index contributed by atoms with van der Waals surface area (Å²) >= 11 is 0. The molecule has 6 nitrogen and oxygen atoms in total. The quantitative estimate of drug-likeness (QED) is 0.596. The molecule has 0 aromatic heterocycles. The van der Waals surface area contributed by atoms with Crippen LogP contribution < -0.4 is 10.6 Å². The number of rotatable bonds is 1. The molecule has 0 spiro atoms. The van der Waals surface area contributed by atoms with Crippen molar-refractivity contribution < 1.29 is 13.8 Å². The molecule has 0 aromatic carbocycles. The molecule has 19 heavy (non-hydrogen) atoms. The first-order valence-electron chi connectivity index (χ1n) is 6.82. The molecule has 0 aliphatic carbocycles. The summed E-state index contributed by atoms with van der Waals surface area (Å²) in [5.74, 6) is 0.287. The molecule has 2 aliphatic heterocycles. The monoisotopic (exact) mass is 287 g/mol. The third-order valence-corrected chi connectivity index (χ3v) is 4.93. The van der Waals surface area contributed by atoms with E-state index in [9.17, 15) is 13.8 Å². The number of hydrogen-bond donors (Lipinski definition) is 2. The highest BCUT2D eigenvalue weighted by Crippen LogP contribution is 2.09. The Balaban J connectivity index is 1.81. The summed E-state index contributed by atoms with van der Waals surface area (Å²) in [6.07, 6.45) is 2.28. The van der Waals surface area contributed by atoms with Crippen LogP contribution in [0.15, 0.2) is 0 Å². The van der Waals surface area contributed by atoms with Crippen LogP contribution in [0.4, 0.5) is 0 Å². The Morgan fingerprint density at radius 3 is 2.63 bits per heavy atom. The van der Waals surface area contributed by atoms with Crippen molar-refractivity contribution >= 4 is 22.6 Å². The van der Waals surface area contributed by atoms with Crippen LogP contribution in [-0.4, -0.2) is 64.6 Å². The summed E-state index contributed by atoms with van der Waals surface area (Å²) in [6, 6.07) is -0.000692. The van der Waals surface area contributed by atoms with Gasteiger partial charge in [0.05, 0.1) is 0 Å². The van der Waals surface area contributed by atoms with E-state index in [1.165, 1.54) is 0 Å². The molecular weight excluding hydrogens is 266 g/mol. The molecule has 0 aromatic rings. The highest BCUT2D eigenvalue weighted by Gasteiger charge is 2.26. The zero-order chi connectivity index (χ0) is 13.7. The molecule has 2 amide bonds. The van der Waals surface area contributed by atoms with Crippen LogP contribution in [-0.2, 0) is 20.4 Å². The normalized spacial score (nSPS) is 28.5. The van der Waals surface area contributed by atoms with E-state index in [1.54, 1.807) is 4.90 Å². The van der Waals surface area contributed by atoms with Crippen LogP contribution in [0, 0.1) is 0 Å². The Labute approximate surface area is 115 Å². The van der Waals surface area contributed by atoms with Gasteiger partial charge in [-0.05, 0) is 25.8 Å². The Bertz CT molecular complexity index is 357. The summed E-state index contributed by atoms with van der Waals surface area (Å²) in [6.45, 7) is 2.84. The Kier molecular flexibility index (Phi) is 5.33. The molecule has 0 bridgehead atoms. The zero-order valence-electron chi connectivity index (χ0n) is 11.0. The second-order valence-corrected chi connectivity index (χ2v) is 6.69. The lowest BCUT2D eigenvalue weighted by Crippen LogP contribution is -2.48. The molecule has 2 aliphatic rings. The first kappa shape index (κ1) is 14.5. The fraction of sp³-hybridized carbons (Fsp3) is 0.833. The topological polar surface area (TPSA) is 78.5 Å². The number of hydrogen-bond acceptors (Lipinski definition) is 4. The fourth-order valence-corrected chi connectivity index (χ4v) is 3.68. The summed E-state index contributed by atoms with van der Waals surface area (Å²) < 4.78 is 11.2. The van der Waals surface area contributed by atoms with Crippen molar-refractivity contribution in [1.29, 1.82) is 0 Å². The average molecular weight is 287 g/mol. The smallest absolute Gasteiger partial charge is 0.311 e. The van der Waals surface area contributed by atoms with E-state index in [0.29, 0.717) is 37.4 Å². The van der Waals surface area contributed by atoms with Crippen molar-refractivity contribution in [2.75, 3.05) is 37.7 Å². The van der Waals surface area contributed by atoms with Crippen molar-refractivity contribution in [2.45, 2.75) is 25.3 Å². The van der Waals surface area contributed by atoms with Crippen molar-refractivity contribution in [2.24, 2.45) is 0 Å². The van der Waals surface area contributed by atoms with Gasteiger partial charge in [0.15, 0.2) is 0 Å². The maximum Gasteiger partial charge on any atom is 0.311 e. The van der Waals surface area contributed by atoms with Crippen molar-refractivity contribution in [3.8, 4) is 0 Å². The maximum atomic E-state index is 12.0. The molecule has 2 heterocycles. The highest BCUT2D eigenvalue weighted by molar-refractivity contribution is 7.85. The molecule has 2 fully saturated rings. The van der Waals surface area contributed by atoms with Gasteiger partial charge in [0.1, 0.15) is 0 Å². The van der Waals surface area contributed by atoms with Crippen molar-refractivity contribution in [3.05, 3.63) is 0 Å². The standard InChI is InChI=1S/C12H21N3O3S/c16-11(14-10-2-8-19(18)9-3-10)12(17)15-6-1-4-13-5-7-15/h10,13H,1-9H2,(H,14,16). The van der Waals surface area contributed by atoms with Gasteiger partial charge in [-0.25, -0.2) is 0 Å². The molecule has 7 heteroatoms. The van der Waals surface area contributed by atoms with Gasteiger partial charge in [0, 0.05) is 48.0 Å². The molecule has 0 unspecified atom stereocenters. The molecule has 2 N–H and O–H groups in total. The Morgan fingerprint density at radius 2 is 1.89 bits per heavy atom. The minimum Gasteiger partial charge on any atom is -0.345 e. The zero-order valence-corrected chi connectivity index (χ0v) is 11.8. The lowest BCUT2D eigenvalue weighted by molar-refractivity contribution is -0.146. The van der Waals surface area contributed by atoms with E-state index in [2.05, 4.69) is 10.6 Å². The third kappa shape index (κ3) is 4.28. The largest absolute Gasteiger partial charge is 0.345 e. The lowest BCUT2D eigenvalue weighted by atomic mass is 10.1. The van der Waals surface area contributed by atoms with Crippen LogP contribution in [0.1, 0.15) is 19.3 Å². The number of carbonyl (C=O) groups is 2. The SMILES string of the molecule is O=C(NC1CCS(=O)CC1)C(=O)N1CCCNCC1. The molecule has 2 saturated heterocycles. The highest BCUT2D eigenvalue weighted by atomic mass is 32.2. The van der Waals surface area contributed by atoms with Gasteiger partial charge in [0.2, 0.25) is 0 Å². The van der Waals surface area contributed by atoms with E-state index in [4.69, 9.17) is 0 Å². The van der Waals surface area contributed by atoms with Gasteiger partial charge in [-0.15, -0.1) is 0 Å². The van der Waals surface area contributed by atoms with Gasteiger partial charge in [-0.2, -0.15) is 0 Å². The Morgan fingerprint density at radius 1 is 1.16 bits per heavy atom. The first-order valence-corrected chi connectivity index (χ1v) is 8.31. The summed E-state index contributed by atoms with van der Waals surface area (Å²) in [5, 5.41) is 5.97. The molecular formula is C12H21N3O3S. The number of amides is 2. The van der Waals surface area contributed by atoms with E-state index in [1.807, 2.05) is 0 Å². The Hall–Kier alpha value is -0.950. The van der Waals surface area contributed by atoms with Gasteiger partial charge < -0.3 is 15.5 Å². The van der Waals surface area contributed by atoms with Crippen LogP contribution >= 0.6 is 0 Å². The lowest BCUT2D eigenvalue weighted by Gasteiger charge is -2.24. The predicted molar refractivity (Wildman–Crippen MR) is 73.1 cm³/mol. The molecule has 108 valence electrons. The minimum atomic E-state index is -0.748. The summed E-state index contributed by atoms with van der Waals surface area (Å²) in [4.78, 5) is 25.5. The van der Waals surface area contributed by atoms with Crippen molar-refractivity contribution in [3.63, 3.8) is 0 Å². The fourth-order valence-electron chi connectivity index (χ4n) is 2.38. The molecule has 0 saturated carbocycles. The van der Waals surface area contributed by atoms with Gasteiger partial charge in [-0.1, -0.05) is 0 Å². The van der Waals surface area contributed by atoms with Crippen molar-refractivity contribution in [1.82, 2.24) is 15.5 Å². The number of nitrogens with one attached hydrogen (secondary N) is 2. The van der Waals surface area contributed by atoms with Gasteiger partial charge in [-0.3, -0.25) is 13.8 Å². The minimum absolute atomic E-state index is 0.000692. The van der Waals surface area contributed by atoms with E-state index in [-0.39, 0.29) is 6.04 Å². The number of nitrogens with zero attached hydrogens (tertiary/aromatic N) is 1. The van der Waals surface area contributed by atoms with E-state index in [0.717, 1.165) is 19.5 Å². The second-order valence-electron chi connectivity index (χ2n) is 4.99. The second kappa shape index (κ2) is 7.00. The third-order valence-electron chi connectivity index (χ3n) is 3.54. The number of carbonyl (C=O) groups excluding carboxylic acids is 2. The summed E-state index contributed by atoms with van der Waals surface area (Å²) in [7, 11) is -0.748. The average Bonchev–Trinajstić information content (AvgIpc) is 2.69. The predicted octanol–water partition coefficient (Wildman–Crippen LogP) is -1.16. The van der Waals surface area contributed by atoms with Gasteiger partial charge >= 0.3 is 11.8 Å². The van der Waals surface area contributed by atoms with E-state index >= 15 is 0 Å². The molecule has 0 radical (unpaired) electrons. The van der Waals surface area contributed by atoms with Gasteiger partial charge in [0.25, 0.3) is 0 Å². The molecule has 0 atom stereocenters. The maximum absolute atomic E-state index is 12.0. The first-order chi connectivity index (χ1) is 9.16. The van der Waals surface area contributed by atoms with Crippen LogP contribution in [0.25, 0.3) is 0 Å². The van der Waals surface area contributed by atoms with Crippen LogP contribution in [0.2, 0.25) is 0 Å². The van der Waals surface area contributed by atoms with Crippen LogP contribution in [0.3, 0.4) is 0 Å². The summed E-state index contributed by atoms with van der Waals surface area (Å²) in [5.41, 5.74) is 0. The van der Waals surface area contributed by atoms with E-state index < -0.39 is 22.6 Å². The van der Waals surface area contributed by atoms with Crippen LogP contribution in [0.5, 0.6) is 0 Å². The molecule has 2 rings (SSSR count).